The van der Waals surface area contributed by atoms with Gasteiger partial charge < -0.3 is 8.92 Å². The number of nitrogens with zero attached hydrogens (tertiary/aromatic N) is 1. The fourth-order valence-electron chi connectivity index (χ4n) is 2.84. The second kappa shape index (κ2) is 8.37. The van der Waals surface area contributed by atoms with Gasteiger partial charge in [0.25, 0.3) is 0 Å². The standard InChI is InChI=1S/C23H16ClNO5S/c1-15-7-10-19(11-8-15)31(27,28)30-21-12-9-18(24)13-17(21)14-20-23(26)29-22(25-20)16-5-3-2-4-6-16/h2-14H,1H3. The van der Waals surface area contributed by atoms with Crippen LogP contribution in [0, 0.1) is 6.92 Å². The maximum absolute atomic E-state index is 12.7. The van der Waals surface area contributed by atoms with Gasteiger partial charge in [-0.15, -0.1) is 0 Å². The van der Waals surface area contributed by atoms with Gasteiger partial charge in [-0.2, -0.15) is 8.42 Å². The first-order chi connectivity index (χ1) is 14.8. The molecule has 31 heavy (non-hydrogen) atoms. The van der Waals surface area contributed by atoms with Crippen molar-refractivity contribution in [3.63, 3.8) is 0 Å². The minimum atomic E-state index is -4.09. The molecule has 1 aliphatic heterocycles. The maximum Gasteiger partial charge on any atom is 0.363 e. The quantitative estimate of drug-likeness (QED) is 0.316. The Labute approximate surface area is 184 Å². The van der Waals surface area contributed by atoms with Crippen LogP contribution in [-0.2, 0) is 19.6 Å². The van der Waals surface area contributed by atoms with E-state index in [0.717, 1.165) is 5.56 Å². The number of hydrogen-bond donors (Lipinski definition) is 0. The van der Waals surface area contributed by atoms with E-state index >= 15 is 0 Å². The maximum atomic E-state index is 12.7. The number of benzene rings is 3. The van der Waals surface area contributed by atoms with Gasteiger partial charge in [0.2, 0.25) is 5.90 Å². The molecule has 0 amide bonds. The first-order valence-electron chi connectivity index (χ1n) is 9.20. The van der Waals surface area contributed by atoms with E-state index < -0.39 is 16.1 Å². The molecule has 156 valence electrons. The van der Waals surface area contributed by atoms with Crippen molar-refractivity contribution in [1.29, 1.82) is 0 Å². The highest BCUT2D eigenvalue weighted by Crippen LogP contribution is 2.30. The van der Waals surface area contributed by atoms with Crippen LogP contribution >= 0.6 is 11.6 Å². The lowest BCUT2D eigenvalue weighted by molar-refractivity contribution is -0.129. The lowest BCUT2D eigenvalue weighted by atomic mass is 10.1. The van der Waals surface area contributed by atoms with Gasteiger partial charge in [0.15, 0.2) is 5.70 Å². The molecule has 0 unspecified atom stereocenters. The van der Waals surface area contributed by atoms with Crippen molar-refractivity contribution in [2.24, 2.45) is 4.99 Å². The van der Waals surface area contributed by atoms with E-state index in [0.29, 0.717) is 10.6 Å². The smallest absolute Gasteiger partial charge is 0.363 e. The zero-order chi connectivity index (χ0) is 22.0. The molecule has 0 N–H and O–H groups in total. The number of cyclic esters (lactones) is 1. The molecule has 3 aromatic carbocycles. The van der Waals surface area contributed by atoms with Crippen molar-refractivity contribution in [2.75, 3.05) is 0 Å². The third-order valence-corrected chi connectivity index (χ3v) is 5.90. The van der Waals surface area contributed by atoms with E-state index in [2.05, 4.69) is 4.99 Å². The Hall–Kier alpha value is -3.42. The summed E-state index contributed by atoms with van der Waals surface area (Å²) in [7, 11) is -4.09. The van der Waals surface area contributed by atoms with Crippen LogP contribution in [0.1, 0.15) is 16.7 Å². The number of carbonyl (C=O) groups is 1. The molecule has 0 bridgehead atoms. The highest BCUT2D eigenvalue weighted by molar-refractivity contribution is 7.87. The van der Waals surface area contributed by atoms with Gasteiger partial charge in [0, 0.05) is 16.1 Å². The summed E-state index contributed by atoms with van der Waals surface area (Å²) < 4.78 is 36.0. The van der Waals surface area contributed by atoms with Crippen LogP contribution in [0.5, 0.6) is 5.75 Å². The Balaban J connectivity index is 1.70. The summed E-state index contributed by atoms with van der Waals surface area (Å²) in [6, 6.07) is 19.6. The van der Waals surface area contributed by atoms with Crippen molar-refractivity contribution >= 4 is 39.7 Å². The third-order valence-electron chi connectivity index (χ3n) is 4.41. The molecule has 4 rings (SSSR count). The Morgan fingerprint density at radius 3 is 2.42 bits per heavy atom. The topological polar surface area (TPSA) is 82.0 Å². The number of esters is 1. The van der Waals surface area contributed by atoms with Gasteiger partial charge in [-0.1, -0.05) is 47.5 Å². The molecule has 0 aliphatic carbocycles. The molecule has 0 aromatic heterocycles. The molecule has 0 saturated heterocycles. The molecule has 0 radical (unpaired) electrons. The van der Waals surface area contributed by atoms with Gasteiger partial charge in [-0.25, -0.2) is 9.79 Å². The van der Waals surface area contributed by atoms with E-state index in [-0.39, 0.29) is 27.8 Å². The van der Waals surface area contributed by atoms with Gasteiger partial charge in [-0.3, -0.25) is 0 Å². The van der Waals surface area contributed by atoms with Crippen LogP contribution in [-0.4, -0.2) is 20.3 Å². The van der Waals surface area contributed by atoms with E-state index in [4.69, 9.17) is 20.5 Å². The number of rotatable bonds is 5. The predicted molar refractivity (Wildman–Crippen MR) is 117 cm³/mol. The second-order valence-corrected chi connectivity index (χ2v) is 8.72. The van der Waals surface area contributed by atoms with Crippen LogP contribution in [0.2, 0.25) is 5.02 Å². The van der Waals surface area contributed by atoms with Crippen molar-refractivity contribution in [2.45, 2.75) is 11.8 Å². The molecule has 1 heterocycles. The lowest BCUT2D eigenvalue weighted by Gasteiger charge is -2.10. The molecule has 0 fully saturated rings. The van der Waals surface area contributed by atoms with Crippen molar-refractivity contribution < 1.29 is 22.1 Å². The van der Waals surface area contributed by atoms with Gasteiger partial charge in [0.05, 0.1) is 0 Å². The van der Waals surface area contributed by atoms with Crippen LogP contribution < -0.4 is 4.18 Å². The number of aryl methyl sites for hydroxylation is 1. The number of aliphatic imine (C=N–C) groups is 1. The zero-order valence-electron chi connectivity index (χ0n) is 16.3. The van der Waals surface area contributed by atoms with Gasteiger partial charge in [-0.05, 0) is 55.5 Å². The average molecular weight is 454 g/mol. The van der Waals surface area contributed by atoms with Crippen LogP contribution in [0.3, 0.4) is 0 Å². The van der Waals surface area contributed by atoms with Crippen LogP contribution in [0.25, 0.3) is 6.08 Å². The molecular formula is C23H16ClNO5S. The highest BCUT2D eigenvalue weighted by atomic mass is 35.5. The lowest BCUT2D eigenvalue weighted by Crippen LogP contribution is -2.10. The van der Waals surface area contributed by atoms with Gasteiger partial charge in [0.1, 0.15) is 10.6 Å². The largest absolute Gasteiger partial charge is 0.402 e. The van der Waals surface area contributed by atoms with E-state index in [1.165, 1.54) is 36.4 Å². The molecule has 1 aliphatic rings. The van der Waals surface area contributed by atoms with E-state index in [1.807, 2.05) is 13.0 Å². The summed E-state index contributed by atoms with van der Waals surface area (Å²) in [4.78, 5) is 16.5. The molecule has 8 heteroatoms. The third kappa shape index (κ3) is 4.68. The minimum absolute atomic E-state index is 0.00120. The summed E-state index contributed by atoms with van der Waals surface area (Å²) in [5, 5.41) is 0.338. The summed E-state index contributed by atoms with van der Waals surface area (Å²) >= 11 is 6.08. The molecule has 0 spiro atoms. The minimum Gasteiger partial charge on any atom is -0.402 e. The SMILES string of the molecule is Cc1ccc(S(=O)(=O)Oc2ccc(Cl)cc2C=C2N=C(c3ccccc3)OC2=O)cc1. The summed E-state index contributed by atoms with van der Waals surface area (Å²) in [6.07, 6.45) is 1.38. The fourth-order valence-corrected chi connectivity index (χ4v) is 3.97. The summed E-state index contributed by atoms with van der Waals surface area (Å²) in [5.74, 6) is -0.492. The van der Waals surface area contributed by atoms with Crippen LogP contribution in [0.15, 0.2) is 88.4 Å². The Kier molecular flexibility index (Phi) is 5.63. The summed E-state index contributed by atoms with van der Waals surface area (Å²) in [5.41, 5.74) is 1.83. The molecule has 0 atom stereocenters. The monoisotopic (exact) mass is 453 g/mol. The number of carbonyl (C=O) groups excluding carboxylic acids is 1. The molecular weight excluding hydrogens is 438 g/mol. The van der Waals surface area contributed by atoms with E-state index in [9.17, 15) is 13.2 Å². The van der Waals surface area contributed by atoms with E-state index in [1.54, 1.807) is 36.4 Å². The average Bonchev–Trinajstić information content (AvgIpc) is 3.11. The number of hydrogen-bond acceptors (Lipinski definition) is 6. The molecule has 0 saturated carbocycles. The van der Waals surface area contributed by atoms with Crippen molar-refractivity contribution in [3.8, 4) is 5.75 Å². The van der Waals surface area contributed by atoms with Crippen molar-refractivity contribution in [1.82, 2.24) is 0 Å². The Morgan fingerprint density at radius 1 is 1.00 bits per heavy atom. The van der Waals surface area contributed by atoms with Crippen molar-refractivity contribution in [3.05, 3.63) is 100 Å². The Bertz CT molecular complexity index is 1310. The van der Waals surface area contributed by atoms with Crippen LogP contribution in [0.4, 0.5) is 0 Å². The van der Waals surface area contributed by atoms with Gasteiger partial charge >= 0.3 is 16.1 Å². The summed E-state index contributed by atoms with van der Waals surface area (Å²) in [6.45, 7) is 1.85. The first kappa shape index (κ1) is 20.8. The normalized spacial score (nSPS) is 15.0. The highest BCUT2D eigenvalue weighted by Gasteiger charge is 2.25. The zero-order valence-corrected chi connectivity index (χ0v) is 17.9. The Morgan fingerprint density at radius 2 is 1.71 bits per heavy atom. The first-order valence-corrected chi connectivity index (χ1v) is 11.0. The molecule has 3 aromatic rings. The fraction of sp³-hybridized carbons (Fsp3) is 0.0435. The number of ether oxygens (including phenoxy) is 1. The predicted octanol–water partition coefficient (Wildman–Crippen LogP) is 4.76. The molecule has 6 nitrogen and oxygen atoms in total. The second-order valence-electron chi connectivity index (χ2n) is 6.73. The number of halogens is 1.